The first kappa shape index (κ1) is 13.0. The topological polar surface area (TPSA) is 27.0 Å². The lowest BCUT2D eigenvalue weighted by Crippen LogP contribution is -2.41. The van der Waals surface area contributed by atoms with E-state index in [9.17, 15) is 9.65 Å². The lowest BCUT2D eigenvalue weighted by atomic mass is 9.63. The first-order chi connectivity index (χ1) is 8.50. The van der Waals surface area contributed by atoms with E-state index < -0.39 is 0 Å². The molecule has 1 atom stereocenters. The number of halogens is 1. The standard InChI is InChI=1S/C15H19FN2/c1-11-9-12(5-6-13(11)16)14(18(2)3)15(10-17)7-4-8-15/h5-6,9,14H,4,7-8H2,1-3H3. The molecule has 0 amide bonds. The molecule has 0 spiro atoms. The fourth-order valence-electron chi connectivity index (χ4n) is 2.95. The average Bonchev–Trinajstić information content (AvgIpc) is 2.27. The Morgan fingerprint density at radius 3 is 2.44 bits per heavy atom. The van der Waals surface area contributed by atoms with Crippen molar-refractivity contribution in [1.82, 2.24) is 4.90 Å². The lowest BCUT2D eigenvalue weighted by Gasteiger charge is -2.45. The van der Waals surface area contributed by atoms with Crippen LogP contribution in [0, 0.1) is 29.5 Å². The molecule has 3 heteroatoms. The number of hydrogen-bond donors (Lipinski definition) is 0. The molecule has 1 unspecified atom stereocenters. The van der Waals surface area contributed by atoms with Crippen LogP contribution in [0.25, 0.3) is 0 Å². The Labute approximate surface area is 108 Å². The first-order valence-electron chi connectivity index (χ1n) is 6.34. The van der Waals surface area contributed by atoms with Gasteiger partial charge in [0, 0.05) is 0 Å². The van der Waals surface area contributed by atoms with E-state index in [2.05, 4.69) is 11.0 Å². The van der Waals surface area contributed by atoms with Crippen LogP contribution >= 0.6 is 0 Å². The summed E-state index contributed by atoms with van der Waals surface area (Å²) >= 11 is 0. The van der Waals surface area contributed by atoms with Crippen molar-refractivity contribution in [3.63, 3.8) is 0 Å². The molecule has 0 heterocycles. The summed E-state index contributed by atoms with van der Waals surface area (Å²) in [5, 5.41) is 9.49. The van der Waals surface area contributed by atoms with Crippen LogP contribution in [0.1, 0.15) is 36.4 Å². The molecule has 1 aliphatic rings. The van der Waals surface area contributed by atoms with Gasteiger partial charge in [-0.15, -0.1) is 0 Å². The van der Waals surface area contributed by atoms with Gasteiger partial charge < -0.3 is 4.90 Å². The van der Waals surface area contributed by atoms with E-state index in [-0.39, 0.29) is 17.3 Å². The molecule has 1 aromatic carbocycles. The average molecular weight is 246 g/mol. The van der Waals surface area contributed by atoms with E-state index in [4.69, 9.17) is 0 Å². The summed E-state index contributed by atoms with van der Waals surface area (Å²) < 4.78 is 13.4. The molecule has 0 N–H and O–H groups in total. The number of aryl methyl sites for hydroxylation is 1. The fourth-order valence-corrected chi connectivity index (χ4v) is 2.95. The molecular weight excluding hydrogens is 227 g/mol. The summed E-state index contributed by atoms with van der Waals surface area (Å²) in [4.78, 5) is 2.08. The molecule has 1 saturated carbocycles. The van der Waals surface area contributed by atoms with Gasteiger partial charge in [0.05, 0.1) is 17.5 Å². The molecule has 0 saturated heterocycles. The molecule has 0 aromatic heterocycles. The number of hydrogen-bond acceptors (Lipinski definition) is 2. The zero-order chi connectivity index (χ0) is 13.3. The van der Waals surface area contributed by atoms with Crippen LogP contribution in [-0.4, -0.2) is 19.0 Å². The van der Waals surface area contributed by atoms with Crippen LogP contribution in [0.4, 0.5) is 4.39 Å². The van der Waals surface area contributed by atoms with Crippen LogP contribution in [0.15, 0.2) is 18.2 Å². The summed E-state index contributed by atoms with van der Waals surface area (Å²) in [6.45, 7) is 1.77. The van der Waals surface area contributed by atoms with Crippen molar-refractivity contribution in [2.24, 2.45) is 5.41 Å². The van der Waals surface area contributed by atoms with Gasteiger partial charge in [-0.2, -0.15) is 5.26 Å². The van der Waals surface area contributed by atoms with Gasteiger partial charge in [-0.1, -0.05) is 18.6 Å². The second-order valence-corrected chi connectivity index (χ2v) is 5.50. The number of nitrogens with zero attached hydrogens (tertiary/aromatic N) is 2. The molecule has 0 aliphatic heterocycles. The maximum Gasteiger partial charge on any atom is 0.126 e. The second-order valence-electron chi connectivity index (χ2n) is 5.50. The van der Waals surface area contributed by atoms with Crippen LogP contribution in [0.2, 0.25) is 0 Å². The SMILES string of the molecule is Cc1cc(C(N(C)C)C2(C#N)CCC2)ccc1F. The van der Waals surface area contributed by atoms with Gasteiger partial charge in [0.15, 0.2) is 0 Å². The minimum absolute atomic E-state index is 0.0514. The van der Waals surface area contributed by atoms with Gasteiger partial charge in [-0.05, 0) is 51.1 Å². The van der Waals surface area contributed by atoms with Gasteiger partial charge >= 0.3 is 0 Å². The molecular formula is C15H19FN2. The largest absolute Gasteiger partial charge is 0.301 e. The smallest absolute Gasteiger partial charge is 0.126 e. The molecule has 1 aliphatic carbocycles. The zero-order valence-corrected chi connectivity index (χ0v) is 11.2. The minimum Gasteiger partial charge on any atom is -0.301 e. The van der Waals surface area contributed by atoms with E-state index in [1.165, 1.54) is 6.07 Å². The summed E-state index contributed by atoms with van der Waals surface area (Å²) in [7, 11) is 3.97. The Morgan fingerprint density at radius 2 is 2.06 bits per heavy atom. The molecule has 1 aromatic rings. The third kappa shape index (κ3) is 2.02. The summed E-state index contributed by atoms with van der Waals surface area (Å²) in [5.74, 6) is -0.184. The third-order valence-electron chi connectivity index (χ3n) is 4.01. The Balaban J connectivity index is 2.42. The highest BCUT2D eigenvalue weighted by molar-refractivity contribution is 5.31. The fraction of sp³-hybridized carbons (Fsp3) is 0.533. The highest BCUT2D eigenvalue weighted by atomic mass is 19.1. The maximum absolute atomic E-state index is 13.4. The molecule has 96 valence electrons. The van der Waals surface area contributed by atoms with Crippen LogP contribution in [0.5, 0.6) is 0 Å². The molecule has 18 heavy (non-hydrogen) atoms. The summed E-state index contributed by atoms with van der Waals surface area (Å²) in [6, 6.07) is 7.73. The minimum atomic E-state index is -0.298. The van der Waals surface area contributed by atoms with E-state index in [1.807, 2.05) is 26.2 Å². The highest BCUT2D eigenvalue weighted by Crippen LogP contribution is 2.51. The van der Waals surface area contributed by atoms with Crippen molar-refractivity contribution in [2.45, 2.75) is 32.2 Å². The maximum atomic E-state index is 13.4. The van der Waals surface area contributed by atoms with Crippen molar-refractivity contribution < 1.29 is 4.39 Å². The normalized spacial score (nSPS) is 19.1. The Hall–Kier alpha value is -1.40. The highest BCUT2D eigenvalue weighted by Gasteiger charge is 2.46. The van der Waals surface area contributed by atoms with Crippen LogP contribution < -0.4 is 0 Å². The van der Waals surface area contributed by atoms with E-state index in [0.717, 1.165) is 24.8 Å². The quantitative estimate of drug-likeness (QED) is 0.817. The molecule has 2 rings (SSSR count). The van der Waals surface area contributed by atoms with Crippen molar-refractivity contribution in [2.75, 3.05) is 14.1 Å². The van der Waals surface area contributed by atoms with Crippen molar-refractivity contribution in [3.8, 4) is 6.07 Å². The molecule has 2 nitrogen and oxygen atoms in total. The summed E-state index contributed by atoms with van der Waals surface area (Å²) in [5.41, 5.74) is 1.39. The zero-order valence-electron chi connectivity index (χ0n) is 11.2. The predicted octanol–water partition coefficient (Wildman–Crippen LogP) is 3.43. The third-order valence-corrected chi connectivity index (χ3v) is 4.01. The van der Waals surface area contributed by atoms with Gasteiger partial charge in [0.1, 0.15) is 5.82 Å². The van der Waals surface area contributed by atoms with Crippen molar-refractivity contribution in [3.05, 3.63) is 35.1 Å². The van der Waals surface area contributed by atoms with Gasteiger partial charge in [-0.25, -0.2) is 4.39 Å². The van der Waals surface area contributed by atoms with Gasteiger partial charge in [0.2, 0.25) is 0 Å². The van der Waals surface area contributed by atoms with Crippen molar-refractivity contribution in [1.29, 1.82) is 5.26 Å². The first-order valence-corrected chi connectivity index (χ1v) is 6.34. The second kappa shape index (κ2) is 4.70. The molecule has 1 fully saturated rings. The monoisotopic (exact) mass is 246 g/mol. The Bertz CT molecular complexity index is 484. The number of rotatable bonds is 3. The van der Waals surface area contributed by atoms with Crippen molar-refractivity contribution >= 4 is 0 Å². The number of benzene rings is 1. The van der Waals surface area contributed by atoms with Gasteiger partial charge in [0.25, 0.3) is 0 Å². The number of nitriles is 1. The Kier molecular flexibility index (Phi) is 3.41. The van der Waals surface area contributed by atoms with E-state index in [1.54, 1.807) is 6.92 Å². The lowest BCUT2D eigenvalue weighted by molar-refractivity contribution is 0.0748. The Morgan fingerprint density at radius 1 is 1.39 bits per heavy atom. The summed E-state index contributed by atoms with van der Waals surface area (Å²) in [6.07, 6.45) is 2.98. The molecule has 0 bridgehead atoms. The van der Waals surface area contributed by atoms with Gasteiger partial charge in [-0.3, -0.25) is 0 Å². The van der Waals surface area contributed by atoms with E-state index in [0.29, 0.717) is 5.56 Å². The van der Waals surface area contributed by atoms with Crippen LogP contribution in [0.3, 0.4) is 0 Å². The van der Waals surface area contributed by atoms with E-state index >= 15 is 0 Å². The molecule has 0 radical (unpaired) electrons. The van der Waals surface area contributed by atoms with Crippen LogP contribution in [-0.2, 0) is 0 Å². The predicted molar refractivity (Wildman–Crippen MR) is 69.5 cm³/mol.